The number of hydrogen-bond acceptors (Lipinski definition) is 4. The number of nitrogens with two attached hydrogens (primary N) is 1. The summed E-state index contributed by atoms with van der Waals surface area (Å²) >= 11 is 1.40. The Kier molecular flexibility index (Phi) is 4.64. The molecule has 0 spiro atoms. The number of anilines is 1. The van der Waals surface area contributed by atoms with E-state index in [4.69, 9.17) is 10.7 Å². The van der Waals surface area contributed by atoms with Crippen LogP contribution in [0.2, 0.25) is 0 Å². The van der Waals surface area contributed by atoms with Gasteiger partial charge in [0.2, 0.25) is 0 Å². The van der Waals surface area contributed by atoms with Crippen LogP contribution in [0.15, 0.2) is 36.4 Å². The first-order chi connectivity index (χ1) is 12.6. The molecule has 0 fully saturated rings. The van der Waals surface area contributed by atoms with Gasteiger partial charge in [0.05, 0.1) is 5.69 Å². The van der Waals surface area contributed by atoms with Crippen molar-refractivity contribution in [2.45, 2.75) is 32.6 Å². The van der Waals surface area contributed by atoms with Crippen molar-refractivity contribution in [3.63, 3.8) is 0 Å². The first-order valence-electron chi connectivity index (χ1n) is 9.14. The number of carbonyl (C=O) groups is 1. The van der Waals surface area contributed by atoms with Gasteiger partial charge in [-0.2, -0.15) is 0 Å². The highest BCUT2D eigenvalue weighted by atomic mass is 32.1. The molecule has 3 N–H and O–H groups in total. The summed E-state index contributed by atoms with van der Waals surface area (Å²) in [7, 11) is 0. The fraction of sp³-hybridized carbons (Fsp3) is 0.333. The molecule has 26 heavy (non-hydrogen) atoms. The highest BCUT2D eigenvalue weighted by Crippen LogP contribution is 2.36. The zero-order valence-electron chi connectivity index (χ0n) is 14.9. The van der Waals surface area contributed by atoms with E-state index in [9.17, 15) is 4.79 Å². The van der Waals surface area contributed by atoms with Gasteiger partial charge in [0.1, 0.15) is 9.71 Å². The number of amides is 1. The van der Waals surface area contributed by atoms with Gasteiger partial charge in [0, 0.05) is 17.6 Å². The zero-order valence-corrected chi connectivity index (χ0v) is 15.7. The van der Waals surface area contributed by atoms with Crippen molar-refractivity contribution in [2.24, 2.45) is 5.92 Å². The van der Waals surface area contributed by atoms with Crippen molar-refractivity contribution in [3.8, 4) is 0 Å². The number of hydrogen-bond donors (Lipinski definition) is 2. The number of nitrogens with one attached hydrogen (secondary N) is 1. The van der Waals surface area contributed by atoms with E-state index in [1.807, 2.05) is 18.2 Å². The third-order valence-electron chi connectivity index (χ3n) is 5.08. The lowest BCUT2D eigenvalue weighted by Gasteiger charge is -2.20. The van der Waals surface area contributed by atoms with Crippen LogP contribution in [0.3, 0.4) is 0 Å². The summed E-state index contributed by atoms with van der Waals surface area (Å²) in [5, 5.41) is 3.92. The average molecular weight is 366 g/mol. The molecule has 1 amide bonds. The Morgan fingerprint density at radius 3 is 2.96 bits per heavy atom. The summed E-state index contributed by atoms with van der Waals surface area (Å²) < 4.78 is 0. The first-order valence-corrected chi connectivity index (χ1v) is 9.96. The van der Waals surface area contributed by atoms with Crippen molar-refractivity contribution in [1.82, 2.24) is 10.3 Å². The van der Waals surface area contributed by atoms with Gasteiger partial charge in [-0.05, 0) is 48.8 Å². The average Bonchev–Trinajstić information content (AvgIpc) is 2.97. The second-order valence-corrected chi connectivity index (χ2v) is 8.13. The Labute approximate surface area is 157 Å². The minimum Gasteiger partial charge on any atom is -0.397 e. The van der Waals surface area contributed by atoms with Crippen LogP contribution in [0.4, 0.5) is 5.69 Å². The molecular formula is C21H23N3OS. The molecule has 134 valence electrons. The summed E-state index contributed by atoms with van der Waals surface area (Å²) in [4.78, 5) is 18.8. The number of nitrogen functional groups attached to an aromatic ring is 1. The molecule has 0 saturated carbocycles. The number of aryl methyl sites for hydroxylation is 1. The van der Waals surface area contributed by atoms with Crippen molar-refractivity contribution < 1.29 is 4.79 Å². The standard InChI is InChI=1S/C21H23N3OS/c1-13-7-8-17-15(11-13)12-16-18(22)19(26-21(16)24-17)20(25)23-10-9-14-5-3-2-4-6-14/h2-6,12-13H,7-11,22H2,1H3,(H,23,25)/t13-/m0/s1. The lowest BCUT2D eigenvalue weighted by molar-refractivity contribution is 0.0959. The van der Waals surface area contributed by atoms with Crippen LogP contribution in [0.5, 0.6) is 0 Å². The van der Waals surface area contributed by atoms with E-state index in [-0.39, 0.29) is 5.91 Å². The number of benzene rings is 1. The van der Waals surface area contributed by atoms with Gasteiger partial charge in [-0.15, -0.1) is 11.3 Å². The van der Waals surface area contributed by atoms with E-state index >= 15 is 0 Å². The summed E-state index contributed by atoms with van der Waals surface area (Å²) in [6.45, 7) is 2.87. The van der Waals surface area contributed by atoms with E-state index in [1.165, 1.54) is 34.6 Å². The quantitative estimate of drug-likeness (QED) is 0.735. The number of carbonyl (C=O) groups excluding carboxylic acids is 1. The number of fused-ring (bicyclic) bond motifs is 2. The zero-order chi connectivity index (χ0) is 18.1. The molecule has 1 aromatic carbocycles. The molecule has 4 nitrogen and oxygen atoms in total. The fourth-order valence-corrected chi connectivity index (χ4v) is 4.60. The van der Waals surface area contributed by atoms with E-state index in [2.05, 4.69) is 30.4 Å². The summed E-state index contributed by atoms with van der Waals surface area (Å²) in [5.74, 6) is 0.579. The van der Waals surface area contributed by atoms with Crippen LogP contribution in [-0.4, -0.2) is 17.4 Å². The Morgan fingerprint density at radius 2 is 2.15 bits per heavy atom. The Balaban J connectivity index is 1.52. The number of nitrogens with zero attached hydrogens (tertiary/aromatic N) is 1. The molecule has 1 aliphatic carbocycles. The maximum Gasteiger partial charge on any atom is 0.263 e. The predicted molar refractivity (Wildman–Crippen MR) is 108 cm³/mol. The Hall–Kier alpha value is -2.40. The van der Waals surface area contributed by atoms with Gasteiger partial charge >= 0.3 is 0 Å². The van der Waals surface area contributed by atoms with E-state index < -0.39 is 0 Å². The maximum absolute atomic E-state index is 12.6. The normalized spacial score (nSPS) is 16.4. The van der Waals surface area contributed by atoms with Gasteiger partial charge in [-0.25, -0.2) is 4.98 Å². The fourth-order valence-electron chi connectivity index (χ4n) is 3.59. The van der Waals surface area contributed by atoms with Crippen molar-refractivity contribution in [1.29, 1.82) is 0 Å². The smallest absolute Gasteiger partial charge is 0.263 e. The second kappa shape index (κ2) is 7.08. The minimum absolute atomic E-state index is 0.104. The molecular weight excluding hydrogens is 342 g/mol. The van der Waals surface area contributed by atoms with Gasteiger partial charge in [0.25, 0.3) is 5.91 Å². The summed E-state index contributed by atoms with van der Waals surface area (Å²) in [6.07, 6.45) is 4.05. The Morgan fingerprint density at radius 1 is 1.35 bits per heavy atom. The molecule has 0 bridgehead atoms. The monoisotopic (exact) mass is 365 g/mol. The molecule has 0 unspecified atom stereocenters. The third-order valence-corrected chi connectivity index (χ3v) is 6.19. The highest BCUT2D eigenvalue weighted by molar-refractivity contribution is 7.21. The van der Waals surface area contributed by atoms with Crippen LogP contribution in [0.1, 0.15) is 39.8 Å². The number of rotatable bonds is 4. The molecule has 3 aromatic rings. The molecule has 0 aliphatic heterocycles. The van der Waals surface area contributed by atoms with Gasteiger partial charge < -0.3 is 11.1 Å². The van der Waals surface area contributed by atoms with Crippen LogP contribution in [0, 0.1) is 5.92 Å². The van der Waals surface area contributed by atoms with E-state index in [0.717, 1.165) is 29.5 Å². The Bertz CT molecular complexity index is 949. The predicted octanol–water partition coefficient (Wildman–Crippen LogP) is 3.98. The summed E-state index contributed by atoms with van der Waals surface area (Å²) in [5.41, 5.74) is 10.5. The third kappa shape index (κ3) is 3.31. The SMILES string of the molecule is C[C@H]1CCc2nc3sc(C(=O)NCCc4ccccc4)c(N)c3cc2C1. The molecule has 4 rings (SSSR count). The molecule has 2 heterocycles. The number of thiophene rings is 1. The second-order valence-electron chi connectivity index (χ2n) is 7.13. The molecule has 0 radical (unpaired) electrons. The highest BCUT2D eigenvalue weighted by Gasteiger charge is 2.22. The lowest BCUT2D eigenvalue weighted by atomic mass is 9.87. The topological polar surface area (TPSA) is 68.0 Å². The van der Waals surface area contributed by atoms with Crippen molar-refractivity contribution in [3.05, 3.63) is 58.1 Å². The molecule has 2 aromatic heterocycles. The van der Waals surface area contributed by atoms with E-state index in [1.54, 1.807) is 0 Å². The molecule has 5 heteroatoms. The van der Waals surface area contributed by atoms with Crippen LogP contribution in [-0.2, 0) is 19.3 Å². The molecule has 1 aliphatic rings. The van der Waals surface area contributed by atoms with Gasteiger partial charge in [-0.3, -0.25) is 4.79 Å². The summed E-state index contributed by atoms with van der Waals surface area (Å²) in [6, 6.07) is 12.3. The van der Waals surface area contributed by atoms with Gasteiger partial charge in [-0.1, -0.05) is 37.3 Å². The minimum atomic E-state index is -0.104. The molecule has 0 saturated heterocycles. The van der Waals surface area contributed by atoms with Crippen LogP contribution >= 0.6 is 11.3 Å². The number of pyridine rings is 1. The largest absolute Gasteiger partial charge is 0.397 e. The van der Waals surface area contributed by atoms with Crippen LogP contribution < -0.4 is 11.1 Å². The first kappa shape index (κ1) is 17.0. The van der Waals surface area contributed by atoms with Gasteiger partial charge in [0.15, 0.2) is 0 Å². The van der Waals surface area contributed by atoms with E-state index in [0.29, 0.717) is 23.0 Å². The lowest BCUT2D eigenvalue weighted by Crippen LogP contribution is -2.25. The van der Waals surface area contributed by atoms with Crippen LogP contribution in [0.25, 0.3) is 10.2 Å². The molecule has 1 atom stereocenters. The number of aromatic nitrogens is 1. The van der Waals surface area contributed by atoms with Crippen molar-refractivity contribution >= 4 is 33.1 Å². The van der Waals surface area contributed by atoms with Crippen molar-refractivity contribution in [2.75, 3.05) is 12.3 Å². The maximum atomic E-state index is 12.6.